The van der Waals surface area contributed by atoms with E-state index in [0.29, 0.717) is 6.54 Å². The van der Waals surface area contributed by atoms with Gasteiger partial charge in [0.05, 0.1) is 19.1 Å². The molecule has 37 heavy (non-hydrogen) atoms. The van der Waals surface area contributed by atoms with Crippen LogP contribution in [-0.4, -0.2) is 28.5 Å². The maximum absolute atomic E-state index is 12.9. The van der Waals surface area contributed by atoms with Gasteiger partial charge in [-0.1, -0.05) is 84.9 Å². The second-order valence-corrected chi connectivity index (χ2v) is 8.86. The predicted molar refractivity (Wildman–Crippen MR) is 148 cm³/mol. The van der Waals surface area contributed by atoms with Gasteiger partial charge in [-0.05, 0) is 36.1 Å². The number of nitrogen functional groups attached to an aromatic ring is 1. The lowest BCUT2D eigenvalue weighted by Crippen LogP contribution is -2.43. The standard InChI is InChI=1S/C29H31N5O3/c1-3-33(26-27(30)34(29(37)32-28(26)36)18-21-10-6-4-7-11-21)19-25(35)31-20(2)22-14-16-24(17-15-22)23-12-8-5-9-13-23/h4-17,20H,3,18-19,30H2,1-2H3,(H,31,35)(H,32,36,37). The summed E-state index contributed by atoms with van der Waals surface area (Å²) in [6.07, 6.45) is 0. The third kappa shape index (κ3) is 5.98. The van der Waals surface area contributed by atoms with Crippen LogP contribution in [0.25, 0.3) is 11.1 Å². The minimum atomic E-state index is -0.619. The van der Waals surface area contributed by atoms with E-state index in [2.05, 4.69) is 22.4 Å². The van der Waals surface area contributed by atoms with Gasteiger partial charge in [-0.3, -0.25) is 19.1 Å². The van der Waals surface area contributed by atoms with E-state index in [4.69, 9.17) is 5.73 Å². The summed E-state index contributed by atoms with van der Waals surface area (Å²) in [5.74, 6) is -0.238. The van der Waals surface area contributed by atoms with Crippen LogP contribution < -0.4 is 27.2 Å². The average molecular weight is 498 g/mol. The molecule has 4 rings (SSSR count). The lowest BCUT2D eigenvalue weighted by atomic mass is 10.0. The van der Waals surface area contributed by atoms with Gasteiger partial charge in [0.2, 0.25) is 5.91 Å². The highest BCUT2D eigenvalue weighted by molar-refractivity contribution is 5.83. The summed E-state index contributed by atoms with van der Waals surface area (Å²) < 4.78 is 1.31. The smallest absolute Gasteiger partial charge is 0.330 e. The van der Waals surface area contributed by atoms with E-state index in [0.717, 1.165) is 22.3 Å². The Morgan fingerprint density at radius 3 is 2.16 bits per heavy atom. The number of nitrogens with one attached hydrogen (secondary N) is 2. The quantitative estimate of drug-likeness (QED) is 0.327. The summed E-state index contributed by atoms with van der Waals surface area (Å²) in [7, 11) is 0. The van der Waals surface area contributed by atoms with Crippen molar-refractivity contribution in [3.8, 4) is 11.1 Å². The summed E-state index contributed by atoms with van der Waals surface area (Å²) in [4.78, 5) is 42.1. The fourth-order valence-electron chi connectivity index (χ4n) is 4.29. The molecule has 190 valence electrons. The molecular weight excluding hydrogens is 466 g/mol. The molecule has 0 aliphatic rings. The Hall–Kier alpha value is -4.59. The fraction of sp³-hybridized carbons (Fsp3) is 0.207. The summed E-state index contributed by atoms with van der Waals surface area (Å²) in [5.41, 5.74) is 9.25. The van der Waals surface area contributed by atoms with Crippen LogP contribution in [0.5, 0.6) is 0 Å². The monoisotopic (exact) mass is 497 g/mol. The minimum absolute atomic E-state index is 0.0248. The van der Waals surface area contributed by atoms with E-state index in [-0.39, 0.29) is 36.5 Å². The van der Waals surface area contributed by atoms with Crippen LogP contribution in [0.1, 0.15) is 31.0 Å². The van der Waals surface area contributed by atoms with Crippen molar-refractivity contribution in [2.75, 3.05) is 23.7 Å². The van der Waals surface area contributed by atoms with E-state index in [1.165, 1.54) is 4.57 Å². The van der Waals surface area contributed by atoms with Crippen molar-refractivity contribution in [1.82, 2.24) is 14.9 Å². The van der Waals surface area contributed by atoms with Crippen LogP contribution in [-0.2, 0) is 11.3 Å². The van der Waals surface area contributed by atoms with Crippen molar-refractivity contribution < 1.29 is 4.79 Å². The van der Waals surface area contributed by atoms with E-state index >= 15 is 0 Å². The number of H-pyrrole nitrogens is 1. The normalized spacial score (nSPS) is 11.6. The molecule has 1 heterocycles. The number of aromatic amines is 1. The summed E-state index contributed by atoms with van der Waals surface area (Å²) in [5, 5.41) is 2.99. The Bertz CT molecular complexity index is 1460. The molecule has 0 bridgehead atoms. The topological polar surface area (TPSA) is 113 Å². The molecule has 0 aliphatic carbocycles. The van der Waals surface area contributed by atoms with Gasteiger partial charge in [-0.25, -0.2) is 4.79 Å². The molecule has 1 aromatic heterocycles. The van der Waals surface area contributed by atoms with Gasteiger partial charge in [0.25, 0.3) is 5.56 Å². The molecule has 1 unspecified atom stereocenters. The first kappa shape index (κ1) is 25.5. The lowest BCUT2D eigenvalue weighted by molar-refractivity contribution is -0.120. The number of rotatable bonds is 9. The number of hydrogen-bond donors (Lipinski definition) is 3. The molecule has 0 saturated carbocycles. The number of carbonyl (C=O) groups excluding carboxylic acids is 1. The number of aromatic nitrogens is 2. The first-order chi connectivity index (χ1) is 17.9. The second-order valence-electron chi connectivity index (χ2n) is 8.86. The Morgan fingerprint density at radius 1 is 0.946 bits per heavy atom. The first-order valence-corrected chi connectivity index (χ1v) is 12.2. The summed E-state index contributed by atoms with van der Waals surface area (Å²) in [6, 6.07) is 27.2. The van der Waals surface area contributed by atoms with Gasteiger partial charge < -0.3 is 16.0 Å². The maximum Gasteiger partial charge on any atom is 0.330 e. The SMILES string of the molecule is CCN(CC(=O)NC(C)c1ccc(-c2ccccc2)cc1)c1c(N)n(Cc2ccccc2)c(=O)[nH]c1=O. The summed E-state index contributed by atoms with van der Waals surface area (Å²) in [6.45, 7) is 4.21. The van der Waals surface area contributed by atoms with E-state index in [1.54, 1.807) is 4.90 Å². The minimum Gasteiger partial charge on any atom is -0.383 e. The molecular formula is C29H31N5O3. The Kier molecular flexibility index (Phi) is 7.88. The van der Waals surface area contributed by atoms with Gasteiger partial charge in [-0.15, -0.1) is 0 Å². The van der Waals surface area contributed by atoms with Crippen LogP contribution in [0.4, 0.5) is 11.5 Å². The van der Waals surface area contributed by atoms with Crippen LogP contribution in [0.3, 0.4) is 0 Å². The van der Waals surface area contributed by atoms with Crippen LogP contribution in [0, 0.1) is 0 Å². The number of amides is 1. The number of benzene rings is 3. The van der Waals surface area contributed by atoms with E-state index in [9.17, 15) is 14.4 Å². The van der Waals surface area contributed by atoms with Crippen molar-refractivity contribution in [2.24, 2.45) is 0 Å². The molecule has 4 N–H and O–H groups in total. The molecule has 8 heteroatoms. The highest BCUT2D eigenvalue weighted by Gasteiger charge is 2.21. The van der Waals surface area contributed by atoms with Gasteiger partial charge in [-0.2, -0.15) is 0 Å². The number of nitrogens with zero attached hydrogens (tertiary/aromatic N) is 2. The first-order valence-electron chi connectivity index (χ1n) is 12.2. The van der Waals surface area contributed by atoms with Gasteiger partial charge >= 0.3 is 5.69 Å². The van der Waals surface area contributed by atoms with Crippen molar-refractivity contribution in [2.45, 2.75) is 26.4 Å². The fourth-order valence-corrected chi connectivity index (χ4v) is 4.29. The maximum atomic E-state index is 12.9. The molecule has 4 aromatic rings. The highest BCUT2D eigenvalue weighted by atomic mass is 16.2. The molecule has 0 fully saturated rings. The van der Waals surface area contributed by atoms with Crippen LogP contribution >= 0.6 is 0 Å². The number of likely N-dealkylation sites (N-methyl/N-ethyl adjacent to an activating group) is 1. The van der Waals surface area contributed by atoms with Gasteiger partial charge in [0, 0.05) is 6.54 Å². The molecule has 0 saturated heterocycles. The molecule has 8 nitrogen and oxygen atoms in total. The van der Waals surface area contributed by atoms with Crippen molar-refractivity contribution in [1.29, 1.82) is 0 Å². The van der Waals surface area contributed by atoms with Crippen LogP contribution in [0.15, 0.2) is 94.5 Å². The lowest BCUT2D eigenvalue weighted by Gasteiger charge is -2.25. The third-order valence-electron chi connectivity index (χ3n) is 6.33. The van der Waals surface area contributed by atoms with Crippen LogP contribution in [0.2, 0.25) is 0 Å². The second kappa shape index (κ2) is 11.4. The average Bonchev–Trinajstić information content (AvgIpc) is 2.91. The van der Waals surface area contributed by atoms with E-state index < -0.39 is 11.2 Å². The zero-order chi connectivity index (χ0) is 26.4. The molecule has 0 spiro atoms. The van der Waals surface area contributed by atoms with Gasteiger partial charge in [0.15, 0.2) is 0 Å². The third-order valence-corrected chi connectivity index (χ3v) is 6.33. The zero-order valence-corrected chi connectivity index (χ0v) is 21.0. The molecule has 1 atom stereocenters. The van der Waals surface area contributed by atoms with Crippen molar-refractivity contribution >= 4 is 17.4 Å². The van der Waals surface area contributed by atoms with Crippen molar-refractivity contribution in [3.63, 3.8) is 0 Å². The zero-order valence-electron chi connectivity index (χ0n) is 21.0. The largest absolute Gasteiger partial charge is 0.383 e. The Morgan fingerprint density at radius 2 is 1.54 bits per heavy atom. The number of carbonyl (C=O) groups is 1. The molecule has 3 aromatic carbocycles. The van der Waals surface area contributed by atoms with Gasteiger partial charge in [0.1, 0.15) is 11.5 Å². The Labute approximate surface area is 215 Å². The Balaban J connectivity index is 1.48. The number of nitrogens with two attached hydrogens (primary N) is 1. The summed E-state index contributed by atoms with van der Waals surface area (Å²) >= 11 is 0. The van der Waals surface area contributed by atoms with Crippen molar-refractivity contribution in [3.05, 3.63) is 117 Å². The predicted octanol–water partition coefficient (Wildman–Crippen LogP) is 3.54. The molecule has 1 amide bonds. The highest BCUT2D eigenvalue weighted by Crippen LogP contribution is 2.22. The molecule has 0 aliphatic heterocycles. The number of hydrogen-bond acceptors (Lipinski definition) is 5. The molecule has 0 radical (unpaired) electrons. The number of anilines is 2. The van der Waals surface area contributed by atoms with E-state index in [1.807, 2.05) is 86.6 Å².